The van der Waals surface area contributed by atoms with Crippen LogP contribution in [-0.2, 0) is 16.0 Å². The average Bonchev–Trinajstić information content (AvgIpc) is 2.36. The van der Waals surface area contributed by atoms with Gasteiger partial charge in [0.25, 0.3) is 0 Å². The van der Waals surface area contributed by atoms with E-state index in [-0.39, 0.29) is 18.1 Å². The molecule has 0 saturated carbocycles. The molecule has 1 atom stereocenters. The molecule has 0 radical (unpaired) electrons. The van der Waals surface area contributed by atoms with E-state index in [9.17, 15) is 14.0 Å². The molecule has 1 aromatic rings. The number of aryl methyl sites for hydroxylation is 1. The van der Waals surface area contributed by atoms with Crippen molar-refractivity contribution in [3.8, 4) is 5.75 Å². The molecule has 2 N–H and O–H groups in total. The van der Waals surface area contributed by atoms with Crippen molar-refractivity contribution in [1.29, 1.82) is 0 Å². The van der Waals surface area contributed by atoms with Crippen molar-refractivity contribution < 1.29 is 23.8 Å². The Morgan fingerprint density at radius 3 is 2.68 bits per heavy atom. The molecule has 0 heterocycles. The van der Waals surface area contributed by atoms with Gasteiger partial charge in [-0.15, -0.1) is 0 Å². The zero-order chi connectivity index (χ0) is 14.4. The second kappa shape index (κ2) is 6.72. The van der Waals surface area contributed by atoms with Crippen molar-refractivity contribution in [3.05, 3.63) is 29.6 Å². The molecule has 1 rings (SSSR count). The normalized spacial score (nSPS) is 11.7. The first kappa shape index (κ1) is 14.9. The number of ether oxygens (including phenoxy) is 1. The van der Waals surface area contributed by atoms with Gasteiger partial charge in [-0.1, -0.05) is 6.07 Å². The van der Waals surface area contributed by atoms with Crippen molar-refractivity contribution in [2.75, 3.05) is 7.11 Å². The van der Waals surface area contributed by atoms with Crippen molar-refractivity contribution in [2.24, 2.45) is 0 Å². The summed E-state index contributed by atoms with van der Waals surface area (Å²) in [4.78, 5) is 22.0. The first-order valence-electron chi connectivity index (χ1n) is 5.78. The number of rotatable bonds is 6. The Kier molecular flexibility index (Phi) is 5.29. The Labute approximate surface area is 110 Å². The summed E-state index contributed by atoms with van der Waals surface area (Å²) in [5, 5.41) is 11.0. The molecule has 0 unspecified atom stereocenters. The Bertz CT molecular complexity index is 476. The number of amides is 1. The number of methoxy groups -OCH3 is 1. The molecular weight excluding hydrogens is 253 g/mol. The lowest BCUT2D eigenvalue weighted by Crippen LogP contribution is -2.38. The van der Waals surface area contributed by atoms with Crippen LogP contribution in [0.2, 0.25) is 0 Å². The summed E-state index contributed by atoms with van der Waals surface area (Å²) in [5.41, 5.74) is 0.649. The predicted molar refractivity (Wildman–Crippen MR) is 66.5 cm³/mol. The maximum atomic E-state index is 13.4. The molecule has 6 heteroatoms. The van der Waals surface area contributed by atoms with E-state index in [2.05, 4.69) is 5.32 Å². The number of aliphatic carboxylic acids is 1. The van der Waals surface area contributed by atoms with E-state index in [1.54, 1.807) is 6.07 Å². The molecule has 5 nitrogen and oxygen atoms in total. The fourth-order valence-corrected chi connectivity index (χ4v) is 1.50. The summed E-state index contributed by atoms with van der Waals surface area (Å²) in [6.45, 7) is 1.38. The third-order valence-corrected chi connectivity index (χ3v) is 2.60. The molecule has 0 saturated heterocycles. The second-order valence-electron chi connectivity index (χ2n) is 4.10. The van der Waals surface area contributed by atoms with Crippen molar-refractivity contribution in [2.45, 2.75) is 25.8 Å². The van der Waals surface area contributed by atoms with E-state index in [1.807, 2.05) is 0 Å². The summed E-state index contributed by atoms with van der Waals surface area (Å²) in [6, 6.07) is 3.52. The van der Waals surface area contributed by atoms with E-state index in [4.69, 9.17) is 9.84 Å². The van der Waals surface area contributed by atoms with E-state index >= 15 is 0 Å². The molecule has 0 spiro atoms. The standard InChI is InChI=1S/C13H16FNO4/c1-8(13(17)18)15-12(16)6-4-9-3-5-11(19-2)10(14)7-9/h3,5,7-8H,4,6H2,1-2H3,(H,15,16)(H,17,18)/t8-/m1/s1. The topological polar surface area (TPSA) is 75.6 Å². The number of carboxylic acids is 1. The van der Waals surface area contributed by atoms with Gasteiger partial charge in [0.15, 0.2) is 11.6 Å². The number of hydrogen-bond donors (Lipinski definition) is 2. The third kappa shape index (κ3) is 4.57. The highest BCUT2D eigenvalue weighted by atomic mass is 19.1. The summed E-state index contributed by atoms with van der Waals surface area (Å²) in [6.07, 6.45) is 0.433. The molecule has 0 bridgehead atoms. The lowest BCUT2D eigenvalue weighted by molar-refractivity contribution is -0.141. The quantitative estimate of drug-likeness (QED) is 0.817. The molecule has 1 amide bonds. The number of nitrogens with one attached hydrogen (secondary N) is 1. The van der Waals surface area contributed by atoms with Crippen LogP contribution in [0, 0.1) is 5.82 Å². The van der Waals surface area contributed by atoms with Gasteiger partial charge in [-0.2, -0.15) is 0 Å². The highest BCUT2D eigenvalue weighted by Gasteiger charge is 2.13. The van der Waals surface area contributed by atoms with Gasteiger partial charge in [0.1, 0.15) is 6.04 Å². The first-order chi connectivity index (χ1) is 8.93. The Hall–Kier alpha value is -2.11. The van der Waals surface area contributed by atoms with E-state index in [0.29, 0.717) is 12.0 Å². The summed E-state index contributed by atoms with van der Waals surface area (Å²) >= 11 is 0. The van der Waals surface area contributed by atoms with Crippen LogP contribution in [0.4, 0.5) is 4.39 Å². The van der Waals surface area contributed by atoms with Crippen LogP contribution in [0.25, 0.3) is 0 Å². The summed E-state index contributed by atoms with van der Waals surface area (Å²) in [7, 11) is 1.37. The van der Waals surface area contributed by atoms with Crippen LogP contribution in [0.5, 0.6) is 5.75 Å². The van der Waals surface area contributed by atoms with Gasteiger partial charge in [-0.3, -0.25) is 9.59 Å². The predicted octanol–water partition coefficient (Wildman–Crippen LogP) is 1.36. The van der Waals surface area contributed by atoms with Gasteiger partial charge in [-0.25, -0.2) is 4.39 Å². The first-order valence-corrected chi connectivity index (χ1v) is 5.78. The SMILES string of the molecule is COc1ccc(CCC(=O)N[C@H](C)C(=O)O)cc1F. The van der Waals surface area contributed by atoms with Crippen LogP contribution in [0.1, 0.15) is 18.9 Å². The van der Waals surface area contributed by atoms with E-state index in [1.165, 1.54) is 26.2 Å². The minimum atomic E-state index is -1.09. The lowest BCUT2D eigenvalue weighted by Gasteiger charge is -2.09. The van der Waals surface area contributed by atoms with Crippen LogP contribution >= 0.6 is 0 Å². The van der Waals surface area contributed by atoms with E-state index in [0.717, 1.165) is 0 Å². The van der Waals surface area contributed by atoms with Gasteiger partial charge < -0.3 is 15.2 Å². The fourth-order valence-electron chi connectivity index (χ4n) is 1.50. The molecule has 0 aromatic heterocycles. The number of carbonyl (C=O) groups excluding carboxylic acids is 1. The van der Waals surface area contributed by atoms with Gasteiger partial charge in [0, 0.05) is 6.42 Å². The molecular formula is C13H16FNO4. The minimum Gasteiger partial charge on any atom is -0.494 e. The average molecular weight is 269 g/mol. The van der Waals surface area contributed by atoms with Crippen molar-refractivity contribution in [1.82, 2.24) is 5.32 Å². The van der Waals surface area contributed by atoms with Crippen LogP contribution in [-0.4, -0.2) is 30.1 Å². The molecule has 104 valence electrons. The monoisotopic (exact) mass is 269 g/mol. The van der Waals surface area contributed by atoms with Gasteiger partial charge >= 0.3 is 5.97 Å². The summed E-state index contributed by atoms with van der Waals surface area (Å²) < 4.78 is 18.2. The smallest absolute Gasteiger partial charge is 0.325 e. The van der Waals surface area contributed by atoms with Crippen LogP contribution in [0.15, 0.2) is 18.2 Å². The maximum Gasteiger partial charge on any atom is 0.325 e. The van der Waals surface area contributed by atoms with Crippen LogP contribution in [0.3, 0.4) is 0 Å². The minimum absolute atomic E-state index is 0.101. The third-order valence-electron chi connectivity index (χ3n) is 2.60. The summed E-state index contributed by atoms with van der Waals surface area (Å²) in [5.74, 6) is -1.82. The molecule has 0 aliphatic heterocycles. The molecule has 0 aliphatic rings. The molecule has 0 aliphatic carbocycles. The number of benzene rings is 1. The van der Waals surface area contributed by atoms with Crippen molar-refractivity contribution in [3.63, 3.8) is 0 Å². The Balaban J connectivity index is 2.50. The van der Waals surface area contributed by atoms with Gasteiger partial charge in [-0.05, 0) is 31.0 Å². The highest BCUT2D eigenvalue weighted by Crippen LogP contribution is 2.18. The second-order valence-corrected chi connectivity index (χ2v) is 4.10. The Morgan fingerprint density at radius 1 is 1.47 bits per heavy atom. The fraction of sp³-hybridized carbons (Fsp3) is 0.385. The number of halogens is 1. The number of carboxylic acid groups (broad SMARTS) is 1. The zero-order valence-electron chi connectivity index (χ0n) is 10.8. The van der Waals surface area contributed by atoms with E-state index < -0.39 is 17.8 Å². The maximum absolute atomic E-state index is 13.4. The molecule has 19 heavy (non-hydrogen) atoms. The van der Waals surface area contributed by atoms with Crippen LogP contribution < -0.4 is 10.1 Å². The number of hydrogen-bond acceptors (Lipinski definition) is 3. The van der Waals surface area contributed by atoms with Crippen molar-refractivity contribution >= 4 is 11.9 Å². The zero-order valence-corrected chi connectivity index (χ0v) is 10.8. The highest BCUT2D eigenvalue weighted by molar-refractivity contribution is 5.83. The molecule has 1 aromatic carbocycles. The molecule has 0 fully saturated rings. The largest absolute Gasteiger partial charge is 0.494 e. The Morgan fingerprint density at radius 2 is 2.16 bits per heavy atom. The van der Waals surface area contributed by atoms with Gasteiger partial charge in [0.05, 0.1) is 7.11 Å². The van der Waals surface area contributed by atoms with Gasteiger partial charge in [0.2, 0.25) is 5.91 Å². The lowest BCUT2D eigenvalue weighted by atomic mass is 10.1. The number of carbonyl (C=O) groups is 2.